The number of rotatable bonds is 5. The van der Waals surface area contributed by atoms with Crippen LogP contribution in [0.2, 0.25) is 0 Å². The van der Waals surface area contributed by atoms with E-state index in [-0.39, 0.29) is 12.0 Å². The molecule has 0 N–H and O–H groups in total. The third kappa shape index (κ3) is 5.43. The van der Waals surface area contributed by atoms with Gasteiger partial charge in [0.25, 0.3) is 0 Å². The predicted octanol–water partition coefficient (Wildman–Crippen LogP) is 7.19. The Labute approximate surface area is 199 Å². The maximum absolute atomic E-state index is 14.6. The van der Waals surface area contributed by atoms with Crippen LogP contribution in [-0.4, -0.2) is 0 Å². The zero-order valence-electron chi connectivity index (χ0n) is 20.0. The fourth-order valence-corrected chi connectivity index (χ4v) is 4.70. The lowest BCUT2D eigenvalue weighted by Crippen LogP contribution is -2.25. The molecule has 0 bridgehead atoms. The molecule has 7 heteroatoms. The first-order valence-electron chi connectivity index (χ1n) is 10.9. The van der Waals surface area contributed by atoms with Crippen LogP contribution in [0.25, 0.3) is 0 Å². The summed E-state index contributed by atoms with van der Waals surface area (Å²) in [6.07, 6.45) is 0. The standard InChI is InChI=1S/C27H28F5OP/c1-26(2,3)16-12-17(27(4,5)6)24(33-14-15-10-8-7-9-11-15)18(13-16)34-25-22(31)20(29)19(28)21(30)23(25)32/h7-13,34H,14H2,1-6H3. The van der Waals surface area contributed by atoms with Crippen molar-refractivity contribution >= 4 is 19.2 Å². The van der Waals surface area contributed by atoms with E-state index in [4.69, 9.17) is 4.74 Å². The van der Waals surface area contributed by atoms with Crippen molar-refractivity contribution in [2.75, 3.05) is 0 Å². The summed E-state index contributed by atoms with van der Waals surface area (Å²) in [7, 11) is -0.841. The highest BCUT2D eigenvalue weighted by molar-refractivity contribution is 7.55. The van der Waals surface area contributed by atoms with Crippen LogP contribution in [0.1, 0.15) is 58.2 Å². The zero-order chi connectivity index (χ0) is 25.4. The Morgan fingerprint density at radius 2 is 1.24 bits per heavy atom. The van der Waals surface area contributed by atoms with Crippen molar-refractivity contribution in [1.29, 1.82) is 0 Å². The third-order valence-electron chi connectivity index (χ3n) is 5.46. The lowest BCUT2D eigenvalue weighted by atomic mass is 9.80. The molecule has 0 saturated carbocycles. The summed E-state index contributed by atoms with van der Waals surface area (Å²) in [5, 5.41) is -0.469. The van der Waals surface area contributed by atoms with Gasteiger partial charge in [0.05, 0.1) is 5.30 Å². The number of halogens is 5. The highest BCUT2D eigenvalue weighted by Gasteiger charge is 2.30. The van der Waals surface area contributed by atoms with E-state index < -0.39 is 48.4 Å². The summed E-state index contributed by atoms with van der Waals surface area (Å²) in [5.41, 5.74) is 1.81. The predicted molar refractivity (Wildman–Crippen MR) is 128 cm³/mol. The van der Waals surface area contributed by atoms with E-state index >= 15 is 0 Å². The lowest BCUT2D eigenvalue weighted by Gasteiger charge is -2.29. The van der Waals surface area contributed by atoms with Crippen molar-refractivity contribution in [2.24, 2.45) is 0 Å². The Morgan fingerprint density at radius 1 is 0.706 bits per heavy atom. The molecular weight excluding hydrogens is 466 g/mol. The summed E-state index contributed by atoms with van der Waals surface area (Å²) in [6.45, 7) is 12.1. The van der Waals surface area contributed by atoms with Crippen molar-refractivity contribution in [3.8, 4) is 5.75 Å². The lowest BCUT2D eigenvalue weighted by molar-refractivity contribution is 0.300. The van der Waals surface area contributed by atoms with Crippen LogP contribution in [0.4, 0.5) is 22.0 Å². The van der Waals surface area contributed by atoms with Gasteiger partial charge in [0.1, 0.15) is 12.4 Å². The van der Waals surface area contributed by atoms with E-state index in [0.29, 0.717) is 11.1 Å². The molecule has 0 saturated heterocycles. The van der Waals surface area contributed by atoms with Crippen molar-refractivity contribution in [2.45, 2.75) is 59.0 Å². The van der Waals surface area contributed by atoms with Gasteiger partial charge in [-0.05, 0) is 36.6 Å². The molecule has 1 nitrogen and oxygen atoms in total. The van der Waals surface area contributed by atoms with Gasteiger partial charge >= 0.3 is 0 Å². The second-order valence-corrected chi connectivity index (χ2v) is 11.5. The third-order valence-corrected chi connectivity index (χ3v) is 6.79. The summed E-state index contributed by atoms with van der Waals surface area (Å²) in [6, 6.07) is 13.1. The molecule has 0 aromatic heterocycles. The Hall–Kier alpha value is -2.46. The second kappa shape index (κ2) is 9.65. The number of benzene rings is 3. The molecule has 0 heterocycles. The van der Waals surface area contributed by atoms with Gasteiger partial charge in [-0.1, -0.05) is 77.9 Å². The van der Waals surface area contributed by atoms with Crippen LogP contribution >= 0.6 is 8.58 Å². The minimum Gasteiger partial charge on any atom is -0.488 e. The molecule has 1 atom stereocenters. The van der Waals surface area contributed by atoms with Crippen LogP contribution in [0, 0.1) is 29.1 Å². The molecule has 34 heavy (non-hydrogen) atoms. The average molecular weight is 494 g/mol. The molecule has 0 spiro atoms. The molecule has 182 valence electrons. The Bertz CT molecular complexity index is 1170. The van der Waals surface area contributed by atoms with Gasteiger partial charge < -0.3 is 4.74 Å². The van der Waals surface area contributed by atoms with Crippen molar-refractivity contribution in [3.05, 3.63) is 88.2 Å². The smallest absolute Gasteiger partial charge is 0.200 e. The molecule has 0 amide bonds. The van der Waals surface area contributed by atoms with Gasteiger partial charge in [0, 0.05) is 10.9 Å². The number of ether oxygens (including phenoxy) is 1. The fourth-order valence-electron chi connectivity index (χ4n) is 3.45. The highest BCUT2D eigenvalue weighted by Crippen LogP contribution is 2.38. The second-order valence-electron chi connectivity index (χ2n) is 10.2. The van der Waals surface area contributed by atoms with Crippen LogP contribution in [-0.2, 0) is 17.4 Å². The van der Waals surface area contributed by atoms with Gasteiger partial charge in [-0.3, -0.25) is 0 Å². The van der Waals surface area contributed by atoms with E-state index in [2.05, 4.69) is 0 Å². The SMILES string of the molecule is CC(C)(C)c1cc(Pc2c(F)c(F)c(F)c(F)c2F)c(OCc2ccccc2)c(C(C)(C)C)c1. The van der Waals surface area contributed by atoms with Gasteiger partial charge in [-0.15, -0.1) is 0 Å². The van der Waals surface area contributed by atoms with E-state index in [1.165, 1.54) is 0 Å². The minimum absolute atomic E-state index is 0.188. The first-order valence-corrected chi connectivity index (χ1v) is 11.9. The summed E-state index contributed by atoms with van der Waals surface area (Å²) < 4.78 is 76.8. The molecule has 3 aromatic rings. The van der Waals surface area contributed by atoms with Gasteiger partial charge in [-0.2, -0.15) is 0 Å². The normalized spacial score (nSPS) is 12.6. The maximum atomic E-state index is 14.6. The Kier molecular flexibility index (Phi) is 7.43. The minimum atomic E-state index is -2.16. The summed E-state index contributed by atoms with van der Waals surface area (Å²) in [5.74, 6) is -9.30. The van der Waals surface area contributed by atoms with Crippen molar-refractivity contribution < 1.29 is 26.7 Å². The zero-order valence-corrected chi connectivity index (χ0v) is 21.0. The molecule has 0 radical (unpaired) electrons. The molecule has 1 unspecified atom stereocenters. The number of hydrogen-bond acceptors (Lipinski definition) is 1. The average Bonchev–Trinajstić information content (AvgIpc) is 2.77. The van der Waals surface area contributed by atoms with Gasteiger partial charge in [-0.25, -0.2) is 22.0 Å². The molecular formula is C27H28F5OP. The van der Waals surface area contributed by atoms with E-state index in [1.807, 2.05) is 77.9 Å². The quantitative estimate of drug-likeness (QED) is 0.158. The molecule has 0 aliphatic heterocycles. The van der Waals surface area contributed by atoms with Crippen molar-refractivity contribution in [1.82, 2.24) is 0 Å². The monoisotopic (exact) mass is 494 g/mol. The molecule has 0 fully saturated rings. The van der Waals surface area contributed by atoms with Crippen LogP contribution in [0.3, 0.4) is 0 Å². The van der Waals surface area contributed by atoms with E-state index in [0.717, 1.165) is 16.7 Å². The van der Waals surface area contributed by atoms with Crippen LogP contribution < -0.4 is 15.3 Å². The Morgan fingerprint density at radius 3 is 1.74 bits per heavy atom. The maximum Gasteiger partial charge on any atom is 0.200 e. The van der Waals surface area contributed by atoms with Crippen LogP contribution in [0.15, 0.2) is 42.5 Å². The molecule has 0 aliphatic rings. The molecule has 3 rings (SSSR count). The van der Waals surface area contributed by atoms with Gasteiger partial charge in [0.15, 0.2) is 23.3 Å². The van der Waals surface area contributed by atoms with Gasteiger partial charge in [0.2, 0.25) is 5.82 Å². The highest BCUT2D eigenvalue weighted by atomic mass is 31.1. The summed E-state index contributed by atoms with van der Waals surface area (Å²) in [4.78, 5) is 0. The Balaban J connectivity index is 2.23. The largest absolute Gasteiger partial charge is 0.488 e. The molecule has 3 aromatic carbocycles. The van der Waals surface area contributed by atoms with Crippen molar-refractivity contribution in [3.63, 3.8) is 0 Å². The van der Waals surface area contributed by atoms with E-state index in [9.17, 15) is 22.0 Å². The topological polar surface area (TPSA) is 9.23 Å². The molecule has 0 aliphatic carbocycles. The first-order chi connectivity index (χ1) is 15.7. The first kappa shape index (κ1) is 26.2. The van der Waals surface area contributed by atoms with Crippen LogP contribution in [0.5, 0.6) is 5.75 Å². The number of hydrogen-bond donors (Lipinski definition) is 0. The fraction of sp³-hybridized carbons (Fsp3) is 0.333. The van der Waals surface area contributed by atoms with E-state index in [1.54, 1.807) is 6.07 Å². The summed E-state index contributed by atoms with van der Waals surface area (Å²) >= 11 is 0.